The number of nitrogens with two attached hydrogens (primary N) is 2. The minimum absolute atomic E-state index is 0.0125. The normalized spacial score (nSPS) is 18.5. The summed E-state index contributed by atoms with van der Waals surface area (Å²) in [6.45, 7) is 5.48. The number of hydrogen-bond donors (Lipinski definition) is 10. The Kier molecular flexibility index (Phi) is 18.1. The first-order chi connectivity index (χ1) is 31.9. The Morgan fingerprint density at radius 3 is 1.76 bits per heavy atom. The van der Waals surface area contributed by atoms with Crippen molar-refractivity contribution in [3.63, 3.8) is 0 Å². The number of carboxylic acids is 1. The van der Waals surface area contributed by atoms with Crippen molar-refractivity contribution >= 4 is 53.2 Å². The van der Waals surface area contributed by atoms with Crippen molar-refractivity contribution in [2.75, 3.05) is 13.1 Å². The molecule has 2 aliphatic rings. The molecule has 0 saturated carbocycles. The van der Waals surface area contributed by atoms with Crippen LogP contribution in [0.15, 0.2) is 55.4 Å². The van der Waals surface area contributed by atoms with E-state index in [9.17, 15) is 48.3 Å². The van der Waals surface area contributed by atoms with Crippen molar-refractivity contribution in [1.29, 1.82) is 0 Å². The molecular weight excluding hydrogens is 871 g/mol. The van der Waals surface area contributed by atoms with E-state index in [4.69, 9.17) is 11.5 Å². The minimum atomic E-state index is -1.58. The highest BCUT2D eigenvalue weighted by Gasteiger charge is 2.42. The van der Waals surface area contributed by atoms with Gasteiger partial charge < -0.3 is 62.9 Å². The molecule has 3 aromatic rings. The highest BCUT2D eigenvalue weighted by atomic mass is 16.4. The molecule has 0 unspecified atom stereocenters. The van der Waals surface area contributed by atoms with E-state index in [1.807, 2.05) is 13.8 Å². The number of nitrogens with one attached hydrogen (secondary N) is 7. The highest BCUT2D eigenvalue weighted by Crippen LogP contribution is 2.23. The van der Waals surface area contributed by atoms with Crippen LogP contribution < -0.4 is 38.1 Å². The van der Waals surface area contributed by atoms with Gasteiger partial charge in [-0.25, -0.2) is 14.8 Å². The third kappa shape index (κ3) is 14.4. The van der Waals surface area contributed by atoms with E-state index in [-0.39, 0.29) is 57.5 Å². The molecule has 0 radical (unpaired) electrons. The second-order valence-electron chi connectivity index (χ2n) is 17.4. The first kappa shape index (κ1) is 50.8. The van der Waals surface area contributed by atoms with E-state index < -0.39 is 108 Å². The molecule has 23 nitrogen and oxygen atoms in total. The molecule has 0 aliphatic carbocycles. The first-order valence-electron chi connectivity index (χ1n) is 22.3. The summed E-state index contributed by atoms with van der Waals surface area (Å²) in [5.41, 5.74) is 13.3. The van der Waals surface area contributed by atoms with Crippen molar-refractivity contribution in [3.8, 4) is 0 Å². The molecule has 12 N–H and O–H groups in total. The number of imidazole rings is 2. The van der Waals surface area contributed by atoms with Crippen LogP contribution >= 0.6 is 0 Å². The van der Waals surface area contributed by atoms with Crippen LogP contribution in [0.5, 0.6) is 0 Å². The quantitative estimate of drug-likeness (QED) is 0.0489. The molecule has 2 aromatic heterocycles. The van der Waals surface area contributed by atoms with Gasteiger partial charge in [0.1, 0.15) is 42.3 Å². The summed E-state index contributed by atoms with van der Waals surface area (Å²) in [6, 6.07) is -1.04. The third-order valence-electron chi connectivity index (χ3n) is 11.6. The number of amides is 8. The van der Waals surface area contributed by atoms with Gasteiger partial charge in [0, 0.05) is 56.1 Å². The zero-order valence-corrected chi connectivity index (χ0v) is 37.7. The number of aromatic nitrogens is 4. The van der Waals surface area contributed by atoms with E-state index in [0.29, 0.717) is 29.8 Å². The molecule has 67 heavy (non-hydrogen) atoms. The Balaban J connectivity index is 1.24. The molecule has 1 aromatic carbocycles. The van der Waals surface area contributed by atoms with Crippen molar-refractivity contribution in [2.45, 2.75) is 127 Å². The van der Waals surface area contributed by atoms with Gasteiger partial charge in [-0.15, -0.1) is 0 Å². The van der Waals surface area contributed by atoms with Crippen molar-refractivity contribution < 1.29 is 48.3 Å². The number of H-pyrrole nitrogens is 2. The lowest BCUT2D eigenvalue weighted by Crippen LogP contribution is -2.60. The van der Waals surface area contributed by atoms with Gasteiger partial charge in [-0.1, -0.05) is 44.2 Å². The summed E-state index contributed by atoms with van der Waals surface area (Å²) < 4.78 is 0. The predicted molar refractivity (Wildman–Crippen MR) is 238 cm³/mol. The summed E-state index contributed by atoms with van der Waals surface area (Å²) in [6.07, 6.45) is 6.93. The van der Waals surface area contributed by atoms with E-state index in [0.717, 1.165) is 0 Å². The fourth-order valence-corrected chi connectivity index (χ4v) is 8.19. The lowest BCUT2D eigenvalue weighted by Gasteiger charge is -2.32. The summed E-state index contributed by atoms with van der Waals surface area (Å²) in [5.74, 6) is -7.13. The third-order valence-corrected chi connectivity index (χ3v) is 11.6. The fraction of sp³-hybridized carbons (Fsp3) is 0.523. The molecular formula is C44H61N13O10. The van der Waals surface area contributed by atoms with Gasteiger partial charge in [0.15, 0.2) is 0 Å². The van der Waals surface area contributed by atoms with Crippen LogP contribution in [0.25, 0.3) is 0 Å². The SMILES string of the molecule is CC(C)C[C@H](NC(=O)[C@@H](N)Cc1cnc[nH]1)C(=O)N1CCC[C@H]1C(=O)N[C@@H](Cc1cnc[nH]1)C(=O)N1CCC[C@H]1C(=O)N[C@@H](C)C(=O)N[C@@H](CC(N)=O)C(=O)N[C@@H](Cc1ccccc1)C(=O)O. The van der Waals surface area contributed by atoms with Gasteiger partial charge in [-0.05, 0) is 50.5 Å². The van der Waals surface area contributed by atoms with Gasteiger partial charge in [0.2, 0.25) is 47.3 Å². The highest BCUT2D eigenvalue weighted by molar-refractivity contribution is 5.98. The van der Waals surface area contributed by atoms with Crippen LogP contribution in [-0.4, -0.2) is 149 Å². The topological polar surface area (TPSA) is 350 Å². The predicted octanol–water partition coefficient (Wildman–Crippen LogP) is -2.08. The van der Waals surface area contributed by atoms with Crippen LogP contribution in [0.1, 0.15) is 76.2 Å². The van der Waals surface area contributed by atoms with Gasteiger partial charge in [-0.2, -0.15) is 0 Å². The maximum atomic E-state index is 14.4. The Hall–Kier alpha value is -7.17. The average molecular weight is 932 g/mol. The summed E-state index contributed by atoms with van der Waals surface area (Å²) in [5, 5.41) is 22.7. The molecule has 5 rings (SSSR count). The van der Waals surface area contributed by atoms with Gasteiger partial charge in [0.05, 0.1) is 25.1 Å². The maximum absolute atomic E-state index is 14.4. The number of carbonyl (C=O) groups excluding carboxylic acids is 8. The standard InChI is InChI=1S/C44H61N13O10/c1-24(2)15-31(53-38(60)29(45)17-27-20-47-22-49-27)42(64)57-14-8-12-35(57)41(63)54-32(18-28-21-48-23-50-28)43(65)56-13-7-11-34(56)40(62)51-25(3)37(59)52-30(19-36(46)58)39(61)55-33(44(66)67)16-26-9-5-4-6-10-26/h4-6,9-10,20-25,29-35H,7-8,11-19,45H2,1-3H3,(H2,46,58)(H,47,49)(H,48,50)(H,51,62)(H,52,59)(H,53,60)(H,54,63)(H,55,61)(H,66,67)/t25-,29-,30-,31-,32-,33-,34-,35-/m0/s1. The van der Waals surface area contributed by atoms with E-state index in [1.165, 1.54) is 35.6 Å². The van der Waals surface area contributed by atoms with Crippen LogP contribution in [0, 0.1) is 5.92 Å². The van der Waals surface area contributed by atoms with Crippen LogP contribution in [0.4, 0.5) is 0 Å². The number of rotatable bonds is 23. The lowest BCUT2D eigenvalue weighted by molar-refractivity contribution is -0.144. The molecule has 4 heterocycles. The molecule has 0 spiro atoms. The molecule has 23 heteroatoms. The van der Waals surface area contributed by atoms with Crippen molar-refractivity contribution in [2.24, 2.45) is 17.4 Å². The number of carbonyl (C=O) groups is 9. The van der Waals surface area contributed by atoms with E-state index in [1.54, 1.807) is 36.5 Å². The largest absolute Gasteiger partial charge is 0.480 e. The Bertz CT molecular complexity index is 2200. The number of likely N-dealkylation sites (tertiary alicyclic amines) is 2. The number of aromatic amines is 2. The van der Waals surface area contributed by atoms with Crippen LogP contribution in [0.3, 0.4) is 0 Å². The zero-order chi connectivity index (χ0) is 48.8. The lowest BCUT2D eigenvalue weighted by atomic mass is 10.0. The molecule has 2 saturated heterocycles. The average Bonchev–Trinajstić information content (AvgIpc) is 4.14. The smallest absolute Gasteiger partial charge is 0.326 e. The van der Waals surface area contributed by atoms with Crippen LogP contribution in [-0.2, 0) is 62.4 Å². The first-order valence-corrected chi connectivity index (χ1v) is 22.3. The van der Waals surface area contributed by atoms with Gasteiger partial charge in [0.25, 0.3) is 0 Å². The summed E-state index contributed by atoms with van der Waals surface area (Å²) in [4.78, 5) is 137. The number of hydrogen-bond acceptors (Lipinski definition) is 12. The minimum Gasteiger partial charge on any atom is -0.480 e. The Labute approximate surface area is 386 Å². The number of aliphatic carboxylic acids is 1. The number of primary amides is 1. The summed E-state index contributed by atoms with van der Waals surface area (Å²) >= 11 is 0. The van der Waals surface area contributed by atoms with E-state index >= 15 is 0 Å². The zero-order valence-electron chi connectivity index (χ0n) is 37.7. The van der Waals surface area contributed by atoms with Gasteiger partial charge in [-0.3, -0.25) is 38.4 Å². The maximum Gasteiger partial charge on any atom is 0.326 e. The van der Waals surface area contributed by atoms with E-state index in [2.05, 4.69) is 46.5 Å². The Morgan fingerprint density at radius 2 is 1.22 bits per heavy atom. The number of nitrogens with zero attached hydrogens (tertiary/aromatic N) is 4. The molecule has 362 valence electrons. The Morgan fingerprint density at radius 1 is 0.687 bits per heavy atom. The van der Waals surface area contributed by atoms with Crippen LogP contribution in [0.2, 0.25) is 0 Å². The molecule has 8 atom stereocenters. The van der Waals surface area contributed by atoms with Crippen molar-refractivity contribution in [3.05, 3.63) is 72.3 Å². The summed E-state index contributed by atoms with van der Waals surface area (Å²) in [7, 11) is 0. The molecule has 8 amide bonds. The number of benzene rings is 1. The molecule has 0 bridgehead atoms. The molecule has 2 fully saturated rings. The number of carboxylic acid groups (broad SMARTS) is 1. The second kappa shape index (κ2) is 23.8. The fourth-order valence-electron chi connectivity index (χ4n) is 8.19. The second-order valence-corrected chi connectivity index (χ2v) is 17.4. The van der Waals surface area contributed by atoms with Crippen molar-refractivity contribution in [1.82, 2.24) is 56.3 Å². The molecule has 2 aliphatic heterocycles. The van der Waals surface area contributed by atoms with Gasteiger partial charge >= 0.3 is 5.97 Å². The monoisotopic (exact) mass is 931 g/mol.